The highest BCUT2D eigenvalue weighted by molar-refractivity contribution is 6.13. The van der Waals surface area contributed by atoms with Gasteiger partial charge in [0.15, 0.2) is 0 Å². The molecule has 0 saturated heterocycles. The van der Waals surface area contributed by atoms with Gasteiger partial charge in [-0.2, -0.15) is 0 Å². The number of hydrogen-bond acceptors (Lipinski definition) is 1. The summed E-state index contributed by atoms with van der Waals surface area (Å²) in [5.41, 5.74) is 20.0. The molecule has 12 rings (SSSR count). The van der Waals surface area contributed by atoms with E-state index in [-0.39, 0.29) is 10.8 Å². The molecule has 0 unspecified atom stereocenters. The number of fused-ring (bicyclic) bond motifs is 10. The van der Waals surface area contributed by atoms with Crippen LogP contribution >= 0.6 is 0 Å². The van der Waals surface area contributed by atoms with E-state index in [2.05, 4.69) is 231 Å². The first kappa shape index (κ1) is 34.8. The molecule has 60 heavy (non-hydrogen) atoms. The molecule has 0 bridgehead atoms. The fourth-order valence-corrected chi connectivity index (χ4v) is 10.7. The summed E-state index contributed by atoms with van der Waals surface area (Å²) in [5.74, 6) is 0. The summed E-state index contributed by atoms with van der Waals surface area (Å²) in [5, 5.41) is 5.00. The van der Waals surface area contributed by atoms with Crippen molar-refractivity contribution in [1.82, 2.24) is 4.57 Å². The van der Waals surface area contributed by atoms with E-state index < -0.39 is 0 Å². The molecule has 0 N–H and O–H groups in total. The van der Waals surface area contributed by atoms with Crippen molar-refractivity contribution in [2.24, 2.45) is 0 Å². The molecular formula is C58H44N2. The monoisotopic (exact) mass is 768 g/mol. The third kappa shape index (κ3) is 4.94. The molecule has 2 aliphatic rings. The molecule has 0 amide bonds. The number of hydrogen-bond donors (Lipinski definition) is 0. The number of aromatic nitrogens is 1. The van der Waals surface area contributed by atoms with Crippen molar-refractivity contribution in [3.05, 3.63) is 216 Å². The molecule has 0 saturated carbocycles. The normalized spacial score (nSPS) is 14.3. The van der Waals surface area contributed by atoms with Crippen LogP contribution in [0.2, 0.25) is 0 Å². The standard InChI is InChI=1S/C58H44N2/c1-57(2)50-22-12-10-20-44(50)46-31-29-41(33-52(46)57)59(40-27-25-38(26-28-40)37-15-6-5-7-16-37)42-30-32-47-49-35-53-48(45-21-11-13-23-51(45)58(53,3)4)36-56(49)60(55(47)34-42)54-24-14-18-39-17-8-9-19-43(39)54/h5-36H,1-4H3. The van der Waals surface area contributed by atoms with E-state index in [1.54, 1.807) is 0 Å². The summed E-state index contributed by atoms with van der Waals surface area (Å²) in [6.07, 6.45) is 0. The van der Waals surface area contributed by atoms with Gasteiger partial charge in [0, 0.05) is 44.1 Å². The third-order valence-electron chi connectivity index (χ3n) is 13.8. The lowest BCUT2D eigenvalue weighted by atomic mass is 9.82. The van der Waals surface area contributed by atoms with Crippen LogP contribution in [0.1, 0.15) is 49.9 Å². The van der Waals surface area contributed by atoms with Gasteiger partial charge in [-0.25, -0.2) is 0 Å². The van der Waals surface area contributed by atoms with Crippen LogP contribution in [0.5, 0.6) is 0 Å². The first-order chi connectivity index (χ1) is 29.3. The van der Waals surface area contributed by atoms with Gasteiger partial charge in [0.05, 0.1) is 16.7 Å². The average Bonchev–Trinajstić information content (AvgIpc) is 3.82. The highest BCUT2D eigenvalue weighted by atomic mass is 15.1. The Kier molecular flexibility index (Phi) is 7.36. The minimum Gasteiger partial charge on any atom is -0.310 e. The van der Waals surface area contributed by atoms with Crippen molar-refractivity contribution in [2.75, 3.05) is 4.90 Å². The van der Waals surface area contributed by atoms with Gasteiger partial charge >= 0.3 is 0 Å². The molecule has 10 aromatic rings. The Morgan fingerprint density at radius 1 is 0.350 bits per heavy atom. The maximum absolute atomic E-state index is 2.53. The van der Waals surface area contributed by atoms with Crippen LogP contribution in [0.15, 0.2) is 194 Å². The highest BCUT2D eigenvalue weighted by Crippen LogP contribution is 2.53. The van der Waals surface area contributed by atoms with E-state index >= 15 is 0 Å². The van der Waals surface area contributed by atoms with Gasteiger partial charge in [-0.15, -0.1) is 0 Å². The molecule has 2 aliphatic carbocycles. The van der Waals surface area contributed by atoms with Crippen molar-refractivity contribution in [2.45, 2.75) is 38.5 Å². The quantitative estimate of drug-likeness (QED) is 0.169. The van der Waals surface area contributed by atoms with Crippen LogP contribution < -0.4 is 4.90 Å². The van der Waals surface area contributed by atoms with E-state index in [9.17, 15) is 0 Å². The van der Waals surface area contributed by atoms with E-state index in [0.29, 0.717) is 0 Å². The first-order valence-electron chi connectivity index (χ1n) is 21.2. The SMILES string of the molecule is CC1(C)c2ccccc2-c2ccc(N(c3ccc(-c4ccccc4)cc3)c3ccc4c5cc6c(cc5n(-c5cccc7ccccc57)c4c3)-c3ccccc3C6(C)C)cc21. The fraction of sp³-hybridized carbons (Fsp3) is 0.103. The molecule has 1 aromatic heterocycles. The maximum Gasteiger partial charge on any atom is 0.0562 e. The molecule has 1 heterocycles. The average molecular weight is 769 g/mol. The summed E-state index contributed by atoms with van der Waals surface area (Å²) in [7, 11) is 0. The van der Waals surface area contributed by atoms with Crippen molar-refractivity contribution in [3.63, 3.8) is 0 Å². The smallest absolute Gasteiger partial charge is 0.0562 e. The Morgan fingerprint density at radius 2 is 0.900 bits per heavy atom. The molecule has 2 heteroatoms. The number of nitrogens with zero attached hydrogens (tertiary/aromatic N) is 2. The lowest BCUT2D eigenvalue weighted by molar-refractivity contribution is 0.660. The molecule has 0 radical (unpaired) electrons. The number of rotatable bonds is 5. The molecule has 9 aromatic carbocycles. The Balaban J connectivity index is 1.12. The van der Waals surface area contributed by atoms with Crippen LogP contribution in [0.4, 0.5) is 17.1 Å². The number of anilines is 3. The highest BCUT2D eigenvalue weighted by Gasteiger charge is 2.37. The zero-order valence-electron chi connectivity index (χ0n) is 34.4. The number of benzene rings is 9. The largest absolute Gasteiger partial charge is 0.310 e. The molecular weight excluding hydrogens is 725 g/mol. The van der Waals surface area contributed by atoms with Gasteiger partial charge in [0.25, 0.3) is 0 Å². The second-order valence-corrected chi connectivity index (χ2v) is 17.8. The summed E-state index contributed by atoms with van der Waals surface area (Å²) in [6, 6.07) is 72.3. The lowest BCUT2D eigenvalue weighted by Gasteiger charge is -2.28. The Hall–Kier alpha value is -7.16. The molecule has 286 valence electrons. The van der Waals surface area contributed by atoms with Crippen molar-refractivity contribution < 1.29 is 0 Å². The molecule has 2 nitrogen and oxygen atoms in total. The zero-order valence-corrected chi connectivity index (χ0v) is 34.4. The molecule has 0 spiro atoms. The van der Waals surface area contributed by atoms with Crippen LogP contribution in [0.3, 0.4) is 0 Å². The van der Waals surface area contributed by atoms with Crippen LogP contribution in [0, 0.1) is 0 Å². The minimum atomic E-state index is -0.123. The fourth-order valence-electron chi connectivity index (χ4n) is 10.7. The minimum absolute atomic E-state index is 0.0996. The molecule has 0 atom stereocenters. The summed E-state index contributed by atoms with van der Waals surface area (Å²) in [6.45, 7) is 9.49. The van der Waals surface area contributed by atoms with Gasteiger partial charge in [-0.05, 0) is 116 Å². The van der Waals surface area contributed by atoms with Crippen molar-refractivity contribution in [1.29, 1.82) is 0 Å². The van der Waals surface area contributed by atoms with E-state index in [0.717, 1.165) is 17.1 Å². The Morgan fingerprint density at radius 3 is 1.67 bits per heavy atom. The maximum atomic E-state index is 2.53. The van der Waals surface area contributed by atoms with Gasteiger partial charge in [-0.1, -0.05) is 167 Å². The second kappa shape index (κ2) is 12.7. The molecule has 0 fully saturated rings. The van der Waals surface area contributed by atoms with E-state index in [1.807, 2.05) is 0 Å². The lowest BCUT2D eigenvalue weighted by Crippen LogP contribution is -2.16. The predicted octanol–water partition coefficient (Wildman–Crippen LogP) is 15.7. The van der Waals surface area contributed by atoms with Gasteiger partial charge < -0.3 is 9.47 Å². The topological polar surface area (TPSA) is 8.17 Å². The van der Waals surface area contributed by atoms with Crippen LogP contribution in [-0.4, -0.2) is 4.57 Å². The summed E-state index contributed by atoms with van der Waals surface area (Å²) in [4.78, 5) is 2.46. The third-order valence-corrected chi connectivity index (χ3v) is 13.8. The Bertz CT molecular complexity index is 3360. The summed E-state index contributed by atoms with van der Waals surface area (Å²) >= 11 is 0. The predicted molar refractivity (Wildman–Crippen MR) is 254 cm³/mol. The van der Waals surface area contributed by atoms with Crippen LogP contribution in [0.25, 0.3) is 71.6 Å². The van der Waals surface area contributed by atoms with Gasteiger partial charge in [0.2, 0.25) is 0 Å². The van der Waals surface area contributed by atoms with Gasteiger partial charge in [-0.3, -0.25) is 0 Å². The Labute approximate surface area is 351 Å². The van der Waals surface area contributed by atoms with Crippen molar-refractivity contribution in [3.8, 4) is 39.1 Å². The summed E-state index contributed by atoms with van der Waals surface area (Å²) < 4.78 is 2.53. The van der Waals surface area contributed by atoms with Crippen molar-refractivity contribution >= 4 is 49.6 Å². The van der Waals surface area contributed by atoms with Gasteiger partial charge in [0.1, 0.15) is 0 Å². The first-order valence-corrected chi connectivity index (χ1v) is 21.2. The molecule has 0 aliphatic heterocycles. The van der Waals surface area contributed by atoms with E-state index in [1.165, 1.54) is 93.9 Å². The van der Waals surface area contributed by atoms with E-state index in [4.69, 9.17) is 0 Å². The second-order valence-electron chi connectivity index (χ2n) is 17.8. The van der Waals surface area contributed by atoms with Crippen LogP contribution in [-0.2, 0) is 10.8 Å². The zero-order chi connectivity index (χ0) is 40.3.